The Balaban J connectivity index is 1.73. The number of carbonyl (C=O) groups is 4. The highest BCUT2D eigenvalue weighted by Crippen LogP contribution is 2.10. The van der Waals surface area contributed by atoms with Crippen molar-refractivity contribution >= 4 is 29.3 Å². The highest BCUT2D eigenvalue weighted by molar-refractivity contribution is 5.98. The third kappa shape index (κ3) is 8.71. The molecule has 1 aromatic rings. The molecule has 1 aromatic carbocycles. The number of carbonyl (C=O) groups excluding carboxylic acids is 4. The van der Waals surface area contributed by atoms with E-state index in [1.54, 1.807) is 30.0 Å². The lowest BCUT2D eigenvalue weighted by Crippen LogP contribution is -2.53. The summed E-state index contributed by atoms with van der Waals surface area (Å²) in [6.45, 7) is 8.62. The van der Waals surface area contributed by atoms with Crippen LogP contribution in [-0.4, -0.2) is 53.7 Å². The molecule has 1 aliphatic heterocycles. The highest BCUT2D eigenvalue weighted by atomic mass is 16.2. The molecule has 8 heteroatoms. The van der Waals surface area contributed by atoms with Gasteiger partial charge in [-0.25, -0.2) is 0 Å². The fourth-order valence-corrected chi connectivity index (χ4v) is 3.48. The molecule has 1 aliphatic rings. The van der Waals surface area contributed by atoms with Gasteiger partial charge in [-0.15, -0.1) is 0 Å². The predicted octanol–water partition coefficient (Wildman–Crippen LogP) is 2.54. The maximum absolute atomic E-state index is 12.7. The molecular formula is C25H36N4O4. The first-order valence-corrected chi connectivity index (χ1v) is 11.6. The van der Waals surface area contributed by atoms with E-state index in [9.17, 15) is 19.2 Å². The maximum atomic E-state index is 12.7. The first-order chi connectivity index (χ1) is 15.7. The Bertz CT molecular complexity index is 864. The quantitative estimate of drug-likeness (QED) is 0.420. The molecule has 0 saturated carbocycles. The number of hydrogen-bond acceptors (Lipinski definition) is 4. The predicted molar refractivity (Wildman–Crippen MR) is 128 cm³/mol. The van der Waals surface area contributed by atoms with E-state index >= 15 is 0 Å². The molecule has 0 aromatic heterocycles. The van der Waals surface area contributed by atoms with Gasteiger partial charge in [0.05, 0.1) is 0 Å². The highest BCUT2D eigenvalue weighted by Gasteiger charge is 2.27. The lowest BCUT2D eigenvalue weighted by molar-refractivity contribution is -0.131. The van der Waals surface area contributed by atoms with Gasteiger partial charge in [0.2, 0.25) is 23.6 Å². The van der Waals surface area contributed by atoms with E-state index in [0.29, 0.717) is 31.6 Å². The number of nitrogens with zero attached hydrogens (tertiary/aromatic N) is 1. The molecule has 0 saturated heterocycles. The van der Waals surface area contributed by atoms with Crippen LogP contribution in [0.25, 0.3) is 0 Å². The van der Waals surface area contributed by atoms with Gasteiger partial charge in [-0.2, -0.15) is 0 Å². The van der Waals surface area contributed by atoms with E-state index in [0.717, 1.165) is 18.4 Å². The van der Waals surface area contributed by atoms with E-state index < -0.39 is 12.1 Å². The monoisotopic (exact) mass is 456 g/mol. The minimum absolute atomic E-state index is 0.0420. The summed E-state index contributed by atoms with van der Waals surface area (Å²) in [5.41, 5.74) is 1.75. The molecule has 3 N–H and O–H groups in total. The second kappa shape index (κ2) is 12.8. The summed E-state index contributed by atoms with van der Waals surface area (Å²) in [5.74, 6) is -0.993. The molecule has 33 heavy (non-hydrogen) atoms. The summed E-state index contributed by atoms with van der Waals surface area (Å²) in [5, 5.41) is 8.28. The number of unbranched alkanes of at least 4 members (excludes halogenated alkanes) is 2. The van der Waals surface area contributed by atoms with Crippen molar-refractivity contribution in [3.63, 3.8) is 0 Å². The molecule has 4 amide bonds. The fourth-order valence-electron chi connectivity index (χ4n) is 3.48. The van der Waals surface area contributed by atoms with Gasteiger partial charge in [0.25, 0.3) is 0 Å². The van der Waals surface area contributed by atoms with Crippen LogP contribution in [0.3, 0.4) is 0 Å². The van der Waals surface area contributed by atoms with Crippen molar-refractivity contribution in [3.8, 4) is 0 Å². The Hall–Kier alpha value is -3.16. The van der Waals surface area contributed by atoms with Crippen LogP contribution in [-0.2, 0) is 19.2 Å². The lowest BCUT2D eigenvalue weighted by Gasteiger charge is -2.24. The minimum Gasteiger partial charge on any atom is -0.344 e. The van der Waals surface area contributed by atoms with Crippen molar-refractivity contribution in [3.05, 3.63) is 42.0 Å². The summed E-state index contributed by atoms with van der Waals surface area (Å²) in [6.07, 6.45) is 6.08. The normalized spacial score (nSPS) is 14.8. The molecule has 0 spiro atoms. The van der Waals surface area contributed by atoms with E-state index in [4.69, 9.17) is 0 Å². The van der Waals surface area contributed by atoms with Gasteiger partial charge in [0.15, 0.2) is 0 Å². The molecule has 0 bridgehead atoms. The smallest absolute Gasteiger partial charge is 0.246 e. The van der Waals surface area contributed by atoms with Gasteiger partial charge in [-0.3, -0.25) is 19.2 Å². The van der Waals surface area contributed by atoms with E-state index in [2.05, 4.69) is 16.0 Å². The summed E-state index contributed by atoms with van der Waals surface area (Å²) >= 11 is 0. The Kier molecular flexibility index (Phi) is 10.1. The largest absolute Gasteiger partial charge is 0.344 e. The van der Waals surface area contributed by atoms with Crippen LogP contribution in [0.1, 0.15) is 52.0 Å². The van der Waals surface area contributed by atoms with Crippen LogP contribution in [0.15, 0.2) is 36.4 Å². The lowest BCUT2D eigenvalue weighted by atomic mass is 10.0. The van der Waals surface area contributed by atoms with E-state index in [-0.39, 0.29) is 29.5 Å². The van der Waals surface area contributed by atoms with Crippen LogP contribution >= 0.6 is 0 Å². The zero-order valence-electron chi connectivity index (χ0n) is 20.0. The van der Waals surface area contributed by atoms with Gasteiger partial charge in [0.1, 0.15) is 12.1 Å². The number of hydrogen-bond donors (Lipinski definition) is 3. The average molecular weight is 457 g/mol. The van der Waals surface area contributed by atoms with Crippen molar-refractivity contribution < 1.29 is 19.2 Å². The van der Waals surface area contributed by atoms with Crippen molar-refractivity contribution in [2.45, 2.75) is 65.5 Å². The number of anilines is 1. The molecule has 1 heterocycles. The first-order valence-electron chi connectivity index (χ1n) is 11.6. The Morgan fingerprint density at radius 2 is 1.67 bits per heavy atom. The van der Waals surface area contributed by atoms with Crippen molar-refractivity contribution in [1.29, 1.82) is 0 Å². The number of amides is 4. The van der Waals surface area contributed by atoms with Crippen LogP contribution in [0, 0.1) is 12.8 Å². The Morgan fingerprint density at radius 3 is 2.27 bits per heavy atom. The van der Waals surface area contributed by atoms with E-state index in [1.165, 1.54) is 0 Å². The molecular weight excluding hydrogens is 420 g/mol. The van der Waals surface area contributed by atoms with E-state index in [1.807, 2.05) is 39.0 Å². The topological polar surface area (TPSA) is 108 Å². The second-order valence-electron chi connectivity index (χ2n) is 8.87. The molecule has 180 valence electrons. The molecule has 8 nitrogen and oxygen atoms in total. The first kappa shape index (κ1) is 26.1. The number of rotatable bonds is 12. The molecule has 0 radical (unpaired) electrons. The molecule has 2 atom stereocenters. The van der Waals surface area contributed by atoms with Gasteiger partial charge in [0, 0.05) is 31.3 Å². The minimum atomic E-state index is -0.750. The average Bonchev–Trinajstić information content (AvgIpc) is 3.17. The molecule has 0 fully saturated rings. The number of benzene rings is 1. The summed E-state index contributed by atoms with van der Waals surface area (Å²) in [7, 11) is 0. The van der Waals surface area contributed by atoms with Crippen LogP contribution in [0.5, 0.6) is 0 Å². The maximum Gasteiger partial charge on any atom is 0.246 e. The van der Waals surface area contributed by atoms with Gasteiger partial charge >= 0.3 is 0 Å². The number of aryl methyl sites for hydroxylation is 1. The summed E-state index contributed by atoms with van der Waals surface area (Å²) < 4.78 is 0. The van der Waals surface area contributed by atoms with Crippen molar-refractivity contribution in [2.75, 3.05) is 18.4 Å². The molecule has 0 unspecified atom stereocenters. The van der Waals surface area contributed by atoms with Gasteiger partial charge < -0.3 is 20.9 Å². The number of nitrogens with one attached hydrogen (secondary N) is 3. The third-order valence-corrected chi connectivity index (χ3v) is 5.57. The van der Waals surface area contributed by atoms with Crippen molar-refractivity contribution in [1.82, 2.24) is 15.5 Å². The zero-order chi connectivity index (χ0) is 24.4. The summed E-state index contributed by atoms with van der Waals surface area (Å²) in [4.78, 5) is 50.8. The zero-order valence-corrected chi connectivity index (χ0v) is 20.0. The molecule has 0 aliphatic carbocycles. The van der Waals surface area contributed by atoms with Gasteiger partial charge in [-0.05, 0) is 44.7 Å². The Morgan fingerprint density at radius 1 is 0.970 bits per heavy atom. The van der Waals surface area contributed by atoms with Crippen LogP contribution in [0.4, 0.5) is 5.69 Å². The SMILES string of the molecule is Cc1ccc(NC(=O)[C@H](C)NC(=O)[C@@H](NC(=O)CCCCCN2CC=CC2=O)C(C)C)cc1. The second-order valence-corrected chi connectivity index (χ2v) is 8.87. The fraction of sp³-hybridized carbons (Fsp3) is 0.520. The van der Waals surface area contributed by atoms with Gasteiger partial charge in [-0.1, -0.05) is 44.0 Å². The van der Waals surface area contributed by atoms with Crippen molar-refractivity contribution in [2.24, 2.45) is 5.92 Å². The summed E-state index contributed by atoms with van der Waals surface area (Å²) in [6, 6.07) is 5.93. The third-order valence-electron chi connectivity index (χ3n) is 5.57. The Labute approximate surface area is 196 Å². The van der Waals surface area contributed by atoms with Crippen LogP contribution < -0.4 is 16.0 Å². The van der Waals surface area contributed by atoms with Crippen LogP contribution in [0.2, 0.25) is 0 Å². The standard InChI is InChI=1S/C25H36N4O4/c1-17(2)23(28-21(30)9-6-5-7-15-29-16-8-10-22(29)31)25(33)26-19(4)24(32)27-20-13-11-18(3)12-14-20/h8,10-14,17,19,23H,5-7,9,15-16H2,1-4H3,(H,26,33)(H,27,32)(H,28,30)/t19-,23-/m0/s1. The molecule has 2 rings (SSSR count).